The van der Waals surface area contributed by atoms with Gasteiger partial charge in [0.2, 0.25) is 0 Å². The number of carbonyl (C=O) groups is 1. The molecule has 0 bridgehead atoms. The van der Waals surface area contributed by atoms with Crippen molar-refractivity contribution >= 4 is 23.1 Å². The molecular formula is C23H30N4O2S. The smallest absolute Gasteiger partial charge is 0.254 e. The average Bonchev–Trinajstić information content (AvgIpc) is 3.35. The number of aromatic nitrogens is 1. The fraction of sp³-hybridized carbons (Fsp3) is 0.565. The molecule has 1 atom stereocenters. The van der Waals surface area contributed by atoms with E-state index in [1.165, 1.54) is 0 Å². The molecule has 0 radical (unpaired) electrons. The molecule has 3 aliphatic rings. The van der Waals surface area contributed by atoms with Gasteiger partial charge in [-0.15, -0.1) is 0 Å². The van der Waals surface area contributed by atoms with Crippen LogP contribution in [0, 0.1) is 0 Å². The Morgan fingerprint density at radius 3 is 2.63 bits per heavy atom. The minimum Gasteiger partial charge on any atom is -0.375 e. The molecule has 6 nitrogen and oxygen atoms in total. The predicted molar refractivity (Wildman–Crippen MR) is 119 cm³/mol. The molecule has 5 rings (SSSR count). The summed E-state index contributed by atoms with van der Waals surface area (Å²) in [6, 6.07) is 8.65. The van der Waals surface area contributed by atoms with Gasteiger partial charge in [-0.1, -0.05) is 6.07 Å². The minimum absolute atomic E-state index is 0.0491. The van der Waals surface area contributed by atoms with Crippen molar-refractivity contribution in [3.63, 3.8) is 0 Å². The van der Waals surface area contributed by atoms with E-state index in [0.717, 1.165) is 82.9 Å². The number of hydrogen-bond donors (Lipinski definition) is 0. The van der Waals surface area contributed by atoms with Crippen LogP contribution in [-0.2, 0) is 4.74 Å². The standard InChI is InChI=1S/C23H30N4O2S/c28-22(19-5-16-30-18-19)27-9-6-23(7-10-27)17-20(4-15-29-23)25-11-13-26(14-12-25)21-3-1-2-8-24-21/h1-3,5,8,16,18,20H,4,6-7,9-15,17H2/t20-/m0/s1. The molecule has 5 heterocycles. The number of anilines is 1. The Morgan fingerprint density at radius 2 is 1.93 bits per heavy atom. The van der Waals surface area contributed by atoms with E-state index < -0.39 is 0 Å². The highest BCUT2D eigenvalue weighted by Gasteiger charge is 2.43. The number of likely N-dealkylation sites (tertiary alicyclic amines) is 1. The Balaban J connectivity index is 1.15. The van der Waals surface area contributed by atoms with Crippen LogP contribution in [0.25, 0.3) is 0 Å². The zero-order chi connectivity index (χ0) is 20.4. The molecule has 7 heteroatoms. The zero-order valence-electron chi connectivity index (χ0n) is 17.4. The molecule has 0 N–H and O–H groups in total. The van der Waals surface area contributed by atoms with Gasteiger partial charge in [0.05, 0.1) is 11.2 Å². The Morgan fingerprint density at radius 1 is 1.10 bits per heavy atom. The first kappa shape index (κ1) is 20.0. The van der Waals surface area contributed by atoms with E-state index >= 15 is 0 Å². The first-order valence-corrected chi connectivity index (χ1v) is 12.0. The summed E-state index contributed by atoms with van der Waals surface area (Å²) in [4.78, 5) is 24.2. The molecular weight excluding hydrogens is 396 g/mol. The van der Waals surface area contributed by atoms with Gasteiger partial charge in [-0.2, -0.15) is 11.3 Å². The van der Waals surface area contributed by atoms with E-state index in [1.807, 2.05) is 34.0 Å². The second-order valence-corrected chi connectivity index (χ2v) is 9.47. The van der Waals surface area contributed by atoms with Crippen molar-refractivity contribution in [1.29, 1.82) is 0 Å². The summed E-state index contributed by atoms with van der Waals surface area (Å²) in [6.45, 7) is 6.67. The van der Waals surface area contributed by atoms with Gasteiger partial charge in [0, 0.05) is 63.5 Å². The van der Waals surface area contributed by atoms with Gasteiger partial charge in [-0.05, 0) is 49.3 Å². The molecule has 0 unspecified atom stereocenters. The fourth-order valence-corrected chi connectivity index (χ4v) is 5.83. The number of pyridine rings is 1. The summed E-state index contributed by atoms with van der Waals surface area (Å²) < 4.78 is 6.35. The molecule has 0 saturated carbocycles. The lowest BCUT2D eigenvalue weighted by Crippen LogP contribution is -2.57. The van der Waals surface area contributed by atoms with Crippen LogP contribution in [0.1, 0.15) is 36.0 Å². The van der Waals surface area contributed by atoms with Crippen LogP contribution in [0.2, 0.25) is 0 Å². The Labute approximate surface area is 182 Å². The number of nitrogens with zero attached hydrogens (tertiary/aromatic N) is 4. The van der Waals surface area contributed by atoms with Crippen LogP contribution >= 0.6 is 11.3 Å². The number of ether oxygens (including phenoxy) is 1. The van der Waals surface area contributed by atoms with E-state index in [-0.39, 0.29) is 11.5 Å². The third-order valence-electron chi connectivity index (χ3n) is 7.00. The normalized spacial score (nSPS) is 24.9. The van der Waals surface area contributed by atoms with Crippen molar-refractivity contribution in [2.45, 2.75) is 37.3 Å². The number of piperazine rings is 1. The van der Waals surface area contributed by atoms with Crippen molar-refractivity contribution in [3.05, 3.63) is 46.8 Å². The number of rotatable bonds is 3. The van der Waals surface area contributed by atoms with Crippen molar-refractivity contribution in [1.82, 2.24) is 14.8 Å². The Bertz CT molecular complexity index is 828. The van der Waals surface area contributed by atoms with Crippen LogP contribution in [0.4, 0.5) is 5.82 Å². The van der Waals surface area contributed by atoms with Gasteiger partial charge < -0.3 is 14.5 Å². The van der Waals surface area contributed by atoms with Crippen molar-refractivity contribution in [2.75, 3.05) is 50.8 Å². The quantitative estimate of drug-likeness (QED) is 0.755. The lowest BCUT2D eigenvalue weighted by atomic mass is 9.81. The Hall–Kier alpha value is -1.96. The van der Waals surface area contributed by atoms with Crippen LogP contribution in [0.3, 0.4) is 0 Å². The minimum atomic E-state index is -0.0491. The number of hydrogen-bond acceptors (Lipinski definition) is 6. The summed E-state index contributed by atoms with van der Waals surface area (Å²) in [6.07, 6.45) is 5.99. The van der Waals surface area contributed by atoms with Crippen LogP contribution in [0.15, 0.2) is 41.2 Å². The van der Waals surface area contributed by atoms with E-state index in [1.54, 1.807) is 11.3 Å². The maximum Gasteiger partial charge on any atom is 0.254 e. The largest absolute Gasteiger partial charge is 0.375 e. The number of carbonyl (C=O) groups excluding carboxylic acids is 1. The topological polar surface area (TPSA) is 48.9 Å². The van der Waals surface area contributed by atoms with Crippen LogP contribution in [-0.4, -0.2) is 78.2 Å². The second kappa shape index (κ2) is 8.65. The van der Waals surface area contributed by atoms with Gasteiger partial charge in [0.1, 0.15) is 5.82 Å². The Kier molecular flexibility index (Phi) is 5.76. The summed E-state index contributed by atoms with van der Waals surface area (Å²) in [5, 5.41) is 3.92. The molecule has 3 fully saturated rings. The zero-order valence-corrected chi connectivity index (χ0v) is 18.2. The second-order valence-electron chi connectivity index (χ2n) is 8.69. The van der Waals surface area contributed by atoms with Crippen LogP contribution in [0.5, 0.6) is 0 Å². The SMILES string of the molecule is O=C(c1ccsc1)N1CCC2(CC1)C[C@@H](N1CCN(c3ccccn3)CC1)CCO2. The van der Waals surface area contributed by atoms with E-state index in [0.29, 0.717) is 6.04 Å². The first-order chi connectivity index (χ1) is 14.7. The lowest BCUT2D eigenvalue weighted by Gasteiger charge is -2.49. The highest BCUT2D eigenvalue weighted by atomic mass is 32.1. The monoisotopic (exact) mass is 426 g/mol. The first-order valence-electron chi connectivity index (χ1n) is 11.1. The molecule has 30 heavy (non-hydrogen) atoms. The van der Waals surface area contributed by atoms with Gasteiger partial charge >= 0.3 is 0 Å². The molecule has 3 saturated heterocycles. The van der Waals surface area contributed by atoms with Gasteiger partial charge in [0.15, 0.2) is 0 Å². The van der Waals surface area contributed by atoms with E-state index in [2.05, 4.69) is 26.9 Å². The maximum absolute atomic E-state index is 12.7. The molecule has 1 spiro atoms. The molecule has 2 aromatic rings. The third kappa shape index (κ3) is 4.11. The van der Waals surface area contributed by atoms with Crippen molar-refractivity contribution < 1.29 is 9.53 Å². The number of thiophene rings is 1. The average molecular weight is 427 g/mol. The molecule has 0 aliphatic carbocycles. The number of amides is 1. The summed E-state index contributed by atoms with van der Waals surface area (Å²) in [5.41, 5.74) is 0.774. The van der Waals surface area contributed by atoms with Gasteiger partial charge in [-0.3, -0.25) is 9.69 Å². The molecule has 0 aromatic carbocycles. The fourth-order valence-electron chi connectivity index (χ4n) is 5.21. The van der Waals surface area contributed by atoms with Crippen LogP contribution < -0.4 is 4.90 Å². The van der Waals surface area contributed by atoms with Gasteiger partial charge in [-0.25, -0.2) is 4.98 Å². The van der Waals surface area contributed by atoms with E-state index in [9.17, 15) is 4.79 Å². The van der Waals surface area contributed by atoms with Crippen molar-refractivity contribution in [3.8, 4) is 0 Å². The summed E-state index contributed by atoms with van der Waals surface area (Å²) in [7, 11) is 0. The highest BCUT2D eigenvalue weighted by molar-refractivity contribution is 7.08. The summed E-state index contributed by atoms with van der Waals surface area (Å²) >= 11 is 1.58. The molecule has 3 aliphatic heterocycles. The summed E-state index contributed by atoms with van der Waals surface area (Å²) in [5.74, 6) is 1.26. The van der Waals surface area contributed by atoms with E-state index in [4.69, 9.17) is 4.74 Å². The predicted octanol–water partition coefficient (Wildman–Crippen LogP) is 3.12. The molecule has 160 valence electrons. The third-order valence-corrected chi connectivity index (χ3v) is 7.68. The van der Waals surface area contributed by atoms with Gasteiger partial charge in [0.25, 0.3) is 5.91 Å². The highest BCUT2D eigenvalue weighted by Crippen LogP contribution is 2.37. The number of piperidine rings is 1. The maximum atomic E-state index is 12.7. The van der Waals surface area contributed by atoms with Crippen molar-refractivity contribution in [2.24, 2.45) is 0 Å². The molecule has 1 amide bonds. The lowest BCUT2D eigenvalue weighted by molar-refractivity contribution is -0.130. The molecule has 2 aromatic heterocycles.